The van der Waals surface area contributed by atoms with Crippen LogP contribution in [0.25, 0.3) is 0 Å². The zero-order valence-electron chi connectivity index (χ0n) is 11.9. The van der Waals surface area contributed by atoms with Crippen molar-refractivity contribution in [2.45, 2.75) is 26.8 Å². The van der Waals surface area contributed by atoms with E-state index in [1.54, 1.807) is 20.3 Å². The van der Waals surface area contributed by atoms with Crippen LogP contribution in [0.4, 0.5) is 0 Å². The van der Waals surface area contributed by atoms with Crippen LogP contribution in [0, 0.1) is 0 Å². The third kappa shape index (κ3) is 4.32. The first-order valence-electron chi connectivity index (χ1n) is 6.28. The lowest BCUT2D eigenvalue weighted by Gasteiger charge is -2.11. The van der Waals surface area contributed by atoms with Gasteiger partial charge in [-0.05, 0) is 25.5 Å². The predicted octanol–water partition coefficient (Wildman–Crippen LogP) is 2.68. The Morgan fingerprint density at radius 3 is 2.63 bits per heavy atom. The largest absolute Gasteiger partial charge is 0.497 e. The molecule has 0 saturated carbocycles. The van der Waals surface area contributed by atoms with Gasteiger partial charge in [-0.15, -0.1) is 0 Å². The summed E-state index contributed by atoms with van der Waals surface area (Å²) in [5, 5.41) is 2.87. The van der Waals surface area contributed by atoms with Gasteiger partial charge < -0.3 is 14.8 Å². The second-order valence-corrected chi connectivity index (χ2v) is 4.16. The standard InChI is InChI=1S/C15H21NO3/c1-5-6-11(2)15(17)16-10-12-7-8-13(18-3)9-14(12)19-4/h6-9H,5,10H2,1-4H3,(H,16,17). The molecule has 0 fully saturated rings. The topological polar surface area (TPSA) is 47.6 Å². The van der Waals surface area contributed by atoms with Crippen molar-refractivity contribution in [2.75, 3.05) is 14.2 Å². The van der Waals surface area contributed by atoms with Gasteiger partial charge in [-0.2, -0.15) is 0 Å². The average Bonchev–Trinajstić information content (AvgIpc) is 2.44. The second kappa shape index (κ2) is 7.46. The van der Waals surface area contributed by atoms with Gasteiger partial charge in [0.25, 0.3) is 0 Å². The van der Waals surface area contributed by atoms with E-state index in [4.69, 9.17) is 9.47 Å². The summed E-state index contributed by atoms with van der Waals surface area (Å²) in [5.74, 6) is 1.38. The third-order valence-electron chi connectivity index (χ3n) is 2.80. The molecule has 0 radical (unpaired) electrons. The van der Waals surface area contributed by atoms with Gasteiger partial charge in [0.2, 0.25) is 5.91 Å². The maximum absolute atomic E-state index is 11.8. The summed E-state index contributed by atoms with van der Waals surface area (Å²) < 4.78 is 10.4. The maximum Gasteiger partial charge on any atom is 0.246 e. The van der Waals surface area contributed by atoms with E-state index in [0.29, 0.717) is 12.3 Å². The fourth-order valence-electron chi connectivity index (χ4n) is 1.71. The van der Waals surface area contributed by atoms with E-state index in [-0.39, 0.29) is 5.91 Å². The van der Waals surface area contributed by atoms with Crippen LogP contribution in [0.3, 0.4) is 0 Å². The summed E-state index contributed by atoms with van der Waals surface area (Å²) in [4.78, 5) is 11.8. The SMILES string of the molecule is CCC=C(C)C(=O)NCc1ccc(OC)cc1OC. The fourth-order valence-corrected chi connectivity index (χ4v) is 1.71. The molecule has 104 valence electrons. The molecule has 1 N–H and O–H groups in total. The number of nitrogens with one attached hydrogen (secondary N) is 1. The number of allylic oxidation sites excluding steroid dienone is 1. The number of hydrogen-bond donors (Lipinski definition) is 1. The first-order chi connectivity index (χ1) is 9.12. The molecule has 0 bridgehead atoms. The van der Waals surface area contributed by atoms with Crippen molar-refractivity contribution in [3.63, 3.8) is 0 Å². The lowest BCUT2D eigenvalue weighted by atomic mass is 10.1. The van der Waals surface area contributed by atoms with Crippen molar-refractivity contribution in [1.82, 2.24) is 5.32 Å². The Balaban J connectivity index is 2.72. The molecule has 1 rings (SSSR count). The molecular formula is C15H21NO3. The van der Waals surface area contributed by atoms with E-state index in [0.717, 1.165) is 23.3 Å². The number of ether oxygens (including phenoxy) is 2. The van der Waals surface area contributed by atoms with E-state index in [1.165, 1.54) is 0 Å². The molecule has 4 heteroatoms. The van der Waals surface area contributed by atoms with Crippen molar-refractivity contribution in [1.29, 1.82) is 0 Å². The van der Waals surface area contributed by atoms with Crippen LogP contribution in [-0.4, -0.2) is 20.1 Å². The number of carbonyl (C=O) groups excluding carboxylic acids is 1. The van der Waals surface area contributed by atoms with Crippen LogP contribution < -0.4 is 14.8 Å². The van der Waals surface area contributed by atoms with Gasteiger partial charge in [0.05, 0.1) is 14.2 Å². The van der Waals surface area contributed by atoms with E-state index < -0.39 is 0 Å². The summed E-state index contributed by atoms with van der Waals surface area (Å²) in [7, 11) is 3.21. The van der Waals surface area contributed by atoms with Gasteiger partial charge in [-0.25, -0.2) is 0 Å². The summed E-state index contributed by atoms with van der Waals surface area (Å²) in [6.45, 7) is 4.24. The smallest absolute Gasteiger partial charge is 0.246 e. The highest BCUT2D eigenvalue weighted by atomic mass is 16.5. The third-order valence-corrected chi connectivity index (χ3v) is 2.80. The molecule has 0 atom stereocenters. The molecule has 0 aliphatic carbocycles. The van der Waals surface area contributed by atoms with Crippen molar-refractivity contribution in [3.8, 4) is 11.5 Å². The zero-order chi connectivity index (χ0) is 14.3. The van der Waals surface area contributed by atoms with Crippen molar-refractivity contribution in [2.24, 2.45) is 0 Å². The molecule has 0 aliphatic rings. The monoisotopic (exact) mass is 263 g/mol. The quantitative estimate of drug-likeness (QED) is 0.803. The van der Waals surface area contributed by atoms with Crippen molar-refractivity contribution < 1.29 is 14.3 Å². The summed E-state index contributed by atoms with van der Waals surface area (Å²) in [6, 6.07) is 5.53. The Morgan fingerprint density at radius 2 is 2.05 bits per heavy atom. The molecule has 0 spiro atoms. The van der Waals surface area contributed by atoms with Gasteiger partial charge in [-0.1, -0.05) is 13.0 Å². The molecule has 1 aromatic rings. The summed E-state index contributed by atoms with van der Waals surface area (Å²) in [5.41, 5.74) is 1.65. The average molecular weight is 263 g/mol. The minimum atomic E-state index is -0.0558. The Labute approximate surface area is 114 Å². The normalized spacial score (nSPS) is 11.1. The van der Waals surface area contributed by atoms with E-state index in [1.807, 2.05) is 32.1 Å². The van der Waals surface area contributed by atoms with Crippen LogP contribution in [0.2, 0.25) is 0 Å². The molecule has 1 aromatic carbocycles. The van der Waals surface area contributed by atoms with Crippen LogP contribution >= 0.6 is 0 Å². The number of hydrogen-bond acceptors (Lipinski definition) is 3. The van der Waals surface area contributed by atoms with Crippen LogP contribution in [0.5, 0.6) is 11.5 Å². The lowest BCUT2D eigenvalue weighted by molar-refractivity contribution is -0.117. The number of carbonyl (C=O) groups is 1. The van der Waals surface area contributed by atoms with Crippen molar-refractivity contribution >= 4 is 5.91 Å². The number of benzene rings is 1. The Hall–Kier alpha value is -1.97. The van der Waals surface area contributed by atoms with E-state index in [9.17, 15) is 4.79 Å². The van der Waals surface area contributed by atoms with Gasteiger partial charge in [0.1, 0.15) is 11.5 Å². The number of methoxy groups -OCH3 is 2. The predicted molar refractivity (Wildman–Crippen MR) is 75.4 cm³/mol. The highest BCUT2D eigenvalue weighted by Crippen LogP contribution is 2.24. The Morgan fingerprint density at radius 1 is 1.32 bits per heavy atom. The molecule has 19 heavy (non-hydrogen) atoms. The van der Waals surface area contributed by atoms with Gasteiger partial charge in [0.15, 0.2) is 0 Å². The Kier molecular flexibility index (Phi) is 5.93. The van der Waals surface area contributed by atoms with E-state index >= 15 is 0 Å². The summed E-state index contributed by atoms with van der Waals surface area (Å²) in [6.07, 6.45) is 2.76. The van der Waals surface area contributed by atoms with Crippen molar-refractivity contribution in [3.05, 3.63) is 35.4 Å². The molecule has 0 aromatic heterocycles. The van der Waals surface area contributed by atoms with E-state index in [2.05, 4.69) is 5.32 Å². The lowest BCUT2D eigenvalue weighted by Crippen LogP contribution is -2.23. The van der Waals surface area contributed by atoms with Gasteiger partial charge in [-0.3, -0.25) is 4.79 Å². The highest BCUT2D eigenvalue weighted by Gasteiger charge is 2.08. The highest BCUT2D eigenvalue weighted by molar-refractivity contribution is 5.92. The molecule has 0 aliphatic heterocycles. The first kappa shape index (κ1) is 15.1. The number of amides is 1. The minimum Gasteiger partial charge on any atom is -0.497 e. The molecule has 4 nitrogen and oxygen atoms in total. The summed E-state index contributed by atoms with van der Waals surface area (Å²) >= 11 is 0. The van der Waals surface area contributed by atoms with Crippen LogP contribution in [0.1, 0.15) is 25.8 Å². The van der Waals surface area contributed by atoms with Crippen LogP contribution in [-0.2, 0) is 11.3 Å². The molecular weight excluding hydrogens is 242 g/mol. The maximum atomic E-state index is 11.8. The molecule has 0 heterocycles. The molecule has 0 saturated heterocycles. The second-order valence-electron chi connectivity index (χ2n) is 4.16. The first-order valence-corrected chi connectivity index (χ1v) is 6.28. The Bertz CT molecular complexity index is 466. The number of rotatable bonds is 6. The van der Waals surface area contributed by atoms with Crippen LogP contribution in [0.15, 0.2) is 29.8 Å². The zero-order valence-corrected chi connectivity index (χ0v) is 11.9. The fraction of sp³-hybridized carbons (Fsp3) is 0.400. The molecule has 1 amide bonds. The van der Waals surface area contributed by atoms with Gasteiger partial charge >= 0.3 is 0 Å². The van der Waals surface area contributed by atoms with Gasteiger partial charge in [0, 0.05) is 23.7 Å². The molecule has 0 unspecified atom stereocenters. The minimum absolute atomic E-state index is 0.0558.